The molecule has 5 heteroatoms. The lowest BCUT2D eigenvalue weighted by atomic mass is 9.80. The maximum absolute atomic E-state index is 5.57. The first-order valence-corrected chi connectivity index (χ1v) is 10.4. The highest BCUT2D eigenvalue weighted by Crippen LogP contribution is 2.35. The van der Waals surface area contributed by atoms with Gasteiger partial charge in [-0.1, -0.05) is 67.8 Å². The van der Waals surface area contributed by atoms with Crippen LogP contribution in [0.1, 0.15) is 0 Å². The van der Waals surface area contributed by atoms with E-state index in [2.05, 4.69) is 71.6 Å². The molecule has 2 heterocycles. The van der Waals surface area contributed by atoms with Crippen LogP contribution in [-0.2, 0) is 9.31 Å². The summed E-state index contributed by atoms with van der Waals surface area (Å²) in [4.78, 5) is 6.83. The van der Waals surface area contributed by atoms with Gasteiger partial charge in [0, 0.05) is 34.3 Å². The van der Waals surface area contributed by atoms with Gasteiger partial charge in [-0.2, -0.15) is 0 Å². The van der Waals surface area contributed by atoms with Crippen LogP contribution in [0, 0.1) is 0 Å². The Morgan fingerprint density at radius 2 is 1.16 bits per heavy atom. The third-order valence-electron chi connectivity index (χ3n) is 5.32. The smallest absolute Gasteiger partial charge is 0.520 e. The third kappa shape index (κ3) is 3.88. The van der Waals surface area contributed by atoms with E-state index in [9.17, 15) is 0 Å². The molecule has 0 radical (unpaired) electrons. The molecule has 1 aliphatic heterocycles. The Labute approximate surface area is 188 Å². The molecule has 154 valence electrons. The predicted octanol–water partition coefficient (Wildman–Crippen LogP) is 5.99. The summed E-state index contributed by atoms with van der Waals surface area (Å²) >= 11 is 0. The van der Waals surface area contributed by atoms with Crippen LogP contribution in [-0.4, -0.2) is 12.1 Å². The summed E-state index contributed by atoms with van der Waals surface area (Å²) in [6.07, 6.45) is 1.76. The predicted molar refractivity (Wildman–Crippen MR) is 130 cm³/mol. The molecule has 1 saturated heterocycles. The number of benzene rings is 3. The Balaban J connectivity index is 1.42. The van der Waals surface area contributed by atoms with Crippen molar-refractivity contribution in [1.29, 1.82) is 0 Å². The largest absolute Gasteiger partial charge is 0.634 e. The normalized spacial score (nSPS) is 12.9. The fraction of sp³-hybridized carbons (Fsp3) is 0. The minimum Gasteiger partial charge on any atom is -0.520 e. The number of hydrogen-bond donors (Lipinski definition) is 0. The zero-order valence-corrected chi connectivity index (χ0v) is 17.5. The van der Waals surface area contributed by atoms with Crippen LogP contribution in [0.2, 0.25) is 0 Å². The highest BCUT2D eigenvalue weighted by molar-refractivity contribution is 6.62. The van der Waals surface area contributed by atoms with Gasteiger partial charge < -0.3 is 14.2 Å². The molecule has 1 fully saturated rings. The van der Waals surface area contributed by atoms with E-state index in [1.54, 1.807) is 6.20 Å². The van der Waals surface area contributed by atoms with Gasteiger partial charge >= 0.3 is 7.12 Å². The summed E-state index contributed by atoms with van der Waals surface area (Å²) in [6.45, 7) is 7.54. The molecule has 0 atom stereocenters. The van der Waals surface area contributed by atoms with Crippen molar-refractivity contribution in [3.8, 4) is 11.3 Å². The first-order valence-electron chi connectivity index (χ1n) is 10.4. The number of pyridine rings is 1. The summed E-state index contributed by atoms with van der Waals surface area (Å²) in [5.41, 5.74) is 6.02. The molecule has 0 spiro atoms. The zero-order valence-electron chi connectivity index (χ0n) is 17.5. The Morgan fingerprint density at radius 3 is 1.66 bits per heavy atom. The van der Waals surface area contributed by atoms with Gasteiger partial charge in [-0.3, -0.25) is 4.98 Å². The Morgan fingerprint density at radius 1 is 0.625 bits per heavy atom. The number of nitrogens with zero attached hydrogens (tertiary/aromatic N) is 2. The standard InChI is InChI=1S/C27H21BN2O2/c1-20-21(2)32-28(31-20)23-15-18-27(29-19-23)22-13-16-26(17-14-22)30(24-9-5-3-6-10-24)25-11-7-4-8-12-25/h3-19H,1-2H2. The number of aromatic nitrogens is 1. The maximum Gasteiger partial charge on any atom is 0.634 e. The molecule has 32 heavy (non-hydrogen) atoms. The summed E-state index contributed by atoms with van der Waals surface area (Å²) in [5.74, 6) is 0.909. The van der Waals surface area contributed by atoms with Crippen molar-refractivity contribution in [1.82, 2.24) is 4.98 Å². The van der Waals surface area contributed by atoms with Gasteiger partial charge in [-0.25, -0.2) is 0 Å². The monoisotopic (exact) mass is 416 g/mol. The molecular formula is C27H21BN2O2. The van der Waals surface area contributed by atoms with Gasteiger partial charge in [0.2, 0.25) is 0 Å². The number of rotatable bonds is 5. The van der Waals surface area contributed by atoms with E-state index >= 15 is 0 Å². The Bertz CT molecular complexity index is 1190. The SMILES string of the molecule is C=C1OB(c2ccc(-c3ccc(N(c4ccccc4)c4ccccc4)cc3)nc2)OC1=C. The summed E-state index contributed by atoms with van der Waals surface area (Å²) < 4.78 is 11.1. The average molecular weight is 416 g/mol. The highest BCUT2D eigenvalue weighted by atomic mass is 16.6. The van der Waals surface area contributed by atoms with Crippen molar-refractivity contribution >= 4 is 29.6 Å². The highest BCUT2D eigenvalue weighted by Gasteiger charge is 2.34. The van der Waals surface area contributed by atoms with E-state index in [0.717, 1.165) is 33.8 Å². The lowest BCUT2D eigenvalue weighted by Gasteiger charge is -2.25. The van der Waals surface area contributed by atoms with E-state index in [-0.39, 0.29) is 0 Å². The molecule has 4 aromatic rings. The van der Waals surface area contributed by atoms with Crippen LogP contribution in [0.3, 0.4) is 0 Å². The van der Waals surface area contributed by atoms with Crippen molar-refractivity contribution in [2.24, 2.45) is 0 Å². The topological polar surface area (TPSA) is 34.6 Å². The second-order valence-electron chi connectivity index (χ2n) is 7.44. The van der Waals surface area contributed by atoms with Crippen molar-refractivity contribution in [3.05, 3.63) is 128 Å². The molecule has 5 rings (SSSR count). The summed E-state index contributed by atoms with van der Waals surface area (Å²) in [6, 6.07) is 33.0. The van der Waals surface area contributed by atoms with Crippen molar-refractivity contribution in [3.63, 3.8) is 0 Å². The van der Waals surface area contributed by atoms with Gasteiger partial charge in [0.15, 0.2) is 0 Å². The Hall–Kier alpha value is -4.25. The number of anilines is 3. The molecule has 1 aromatic heterocycles. The van der Waals surface area contributed by atoms with Crippen LogP contribution >= 0.6 is 0 Å². The quantitative estimate of drug-likeness (QED) is 0.375. The number of hydrogen-bond acceptors (Lipinski definition) is 4. The minimum absolute atomic E-state index is 0.455. The first kappa shape index (κ1) is 19.7. The second-order valence-corrected chi connectivity index (χ2v) is 7.44. The minimum atomic E-state index is -0.538. The van der Waals surface area contributed by atoms with Gasteiger partial charge in [0.05, 0.1) is 5.69 Å². The van der Waals surface area contributed by atoms with Crippen molar-refractivity contribution in [2.45, 2.75) is 0 Å². The number of para-hydroxylation sites is 2. The molecule has 1 aliphatic rings. The molecule has 0 N–H and O–H groups in total. The molecule has 0 saturated carbocycles. The molecular weight excluding hydrogens is 395 g/mol. The summed E-state index contributed by atoms with van der Waals surface area (Å²) in [5, 5.41) is 0. The van der Waals surface area contributed by atoms with Crippen LogP contribution in [0.5, 0.6) is 0 Å². The average Bonchev–Trinajstić information content (AvgIpc) is 3.19. The maximum atomic E-state index is 5.57. The van der Waals surface area contributed by atoms with E-state index in [1.165, 1.54) is 0 Å². The second kappa shape index (κ2) is 8.48. The van der Waals surface area contributed by atoms with Gasteiger partial charge in [-0.15, -0.1) is 0 Å². The van der Waals surface area contributed by atoms with E-state index in [0.29, 0.717) is 11.5 Å². The van der Waals surface area contributed by atoms with E-state index < -0.39 is 7.12 Å². The lowest BCUT2D eigenvalue weighted by molar-refractivity contribution is 0.431. The molecule has 4 nitrogen and oxygen atoms in total. The molecule has 0 unspecified atom stereocenters. The van der Waals surface area contributed by atoms with E-state index in [4.69, 9.17) is 9.31 Å². The first-order chi connectivity index (χ1) is 15.7. The molecule has 3 aromatic carbocycles. The van der Waals surface area contributed by atoms with Crippen molar-refractivity contribution in [2.75, 3.05) is 4.90 Å². The molecule has 0 amide bonds. The van der Waals surface area contributed by atoms with Crippen LogP contribution in [0.15, 0.2) is 128 Å². The van der Waals surface area contributed by atoms with Gasteiger partial charge in [0.1, 0.15) is 11.5 Å². The Kier molecular flexibility index (Phi) is 5.22. The van der Waals surface area contributed by atoms with Crippen LogP contribution < -0.4 is 10.4 Å². The van der Waals surface area contributed by atoms with Gasteiger partial charge in [0.25, 0.3) is 0 Å². The molecule has 0 aliphatic carbocycles. The zero-order chi connectivity index (χ0) is 21.9. The summed E-state index contributed by atoms with van der Waals surface area (Å²) in [7, 11) is -0.538. The van der Waals surface area contributed by atoms with Crippen molar-refractivity contribution < 1.29 is 9.31 Å². The third-order valence-corrected chi connectivity index (χ3v) is 5.32. The lowest BCUT2D eigenvalue weighted by Crippen LogP contribution is -2.31. The molecule has 0 bridgehead atoms. The van der Waals surface area contributed by atoms with Crippen LogP contribution in [0.4, 0.5) is 17.1 Å². The fourth-order valence-corrected chi connectivity index (χ4v) is 3.65. The van der Waals surface area contributed by atoms with E-state index in [1.807, 2.05) is 48.5 Å². The fourth-order valence-electron chi connectivity index (χ4n) is 3.65. The van der Waals surface area contributed by atoms with Gasteiger partial charge in [-0.05, 0) is 42.5 Å². The van der Waals surface area contributed by atoms with Crippen LogP contribution in [0.25, 0.3) is 11.3 Å².